The lowest BCUT2D eigenvalue weighted by Gasteiger charge is -2.13. The van der Waals surface area contributed by atoms with Crippen LogP contribution in [0.25, 0.3) is 0 Å². The van der Waals surface area contributed by atoms with Crippen molar-refractivity contribution >= 4 is 5.97 Å². The third kappa shape index (κ3) is 2.68. The number of aromatic hydroxyl groups is 1. The summed E-state index contributed by atoms with van der Waals surface area (Å²) in [5.74, 6) is -0.175. The molecule has 0 amide bonds. The lowest BCUT2D eigenvalue weighted by molar-refractivity contribution is 0.0599. The highest BCUT2D eigenvalue weighted by molar-refractivity contribution is 5.90. The van der Waals surface area contributed by atoms with Crippen molar-refractivity contribution in [1.29, 1.82) is 0 Å². The molecule has 1 fully saturated rings. The summed E-state index contributed by atoms with van der Waals surface area (Å²) in [6, 6.07) is 4.37. The monoisotopic (exact) mass is 238 g/mol. The molecular weight excluding hydrogens is 224 g/mol. The number of rotatable bonds is 3. The number of esters is 1. The molecule has 1 heterocycles. The quantitative estimate of drug-likeness (QED) is 0.805. The van der Waals surface area contributed by atoms with Gasteiger partial charge in [0.25, 0.3) is 0 Å². The summed E-state index contributed by atoms with van der Waals surface area (Å²) in [5, 5.41) is 9.63. The fraction of sp³-hybridized carbons (Fsp3) is 0.417. The predicted molar refractivity (Wildman–Crippen MR) is 59.3 cm³/mol. The highest BCUT2D eigenvalue weighted by atomic mass is 16.5. The molecule has 92 valence electrons. The Kier molecular flexibility index (Phi) is 3.49. The van der Waals surface area contributed by atoms with E-state index in [4.69, 9.17) is 9.47 Å². The van der Waals surface area contributed by atoms with Crippen LogP contribution in [0.5, 0.6) is 11.5 Å². The average Bonchev–Trinajstić information content (AvgIpc) is 2.84. The zero-order chi connectivity index (χ0) is 12.3. The van der Waals surface area contributed by atoms with Crippen molar-refractivity contribution in [1.82, 2.24) is 0 Å². The number of phenolic OH excluding ortho intramolecular Hbond substituents is 1. The number of carbonyl (C=O) groups is 1. The van der Waals surface area contributed by atoms with Gasteiger partial charge >= 0.3 is 5.97 Å². The van der Waals surface area contributed by atoms with Gasteiger partial charge in [-0.05, 0) is 18.2 Å². The third-order valence-electron chi connectivity index (χ3n) is 2.56. The number of carbonyl (C=O) groups excluding carboxylic acids is 1. The van der Waals surface area contributed by atoms with Gasteiger partial charge in [0.2, 0.25) is 0 Å². The Hall–Kier alpha value is -1.75. The van der Waals surface area contributed by atoms with E-state index in [-0.39, 0.29) is 17.6 Å². The van der Waals surface area contributed by atoms with Gasteiger partial charge < -0.3 is 19.3 Å². The van der Waals surface area contributed by atoms with Crippen molar-refractivity contribution in [2.24, 2.45) is 0 Å². The van der Waals surface area contributed by atoms with Crippen molar-refractivity contribution in [2.45, 2.75) is 12.5 Å². The van der Waals surface area contributed by atoms with E-state index in [0.29, 0.717) is 18.8 Å². The van der Waals surface area contributed by atoms with Crippen molar-refractivity contribution < 1.29 is 24.1 Å². The predicted octanol–water partition coefficient (Wildman–Crippen LogP) is 1.35. The van der Waals surface area contributed by atoms with Crippen LogP contribution < -0.4 is 4.74 Å². The minimum Gasteiger partial charge on any atom is -0.504 e. The number of hydrogen-bond acceptors (Lipinski definition) is 5. The summed E-state index contributed by atoms with van der Waals surface area (Å²) < 4.78 is 15.3. The van der Waals surface area contributed by atoms with Crippen molar-refractivity contribution in [3.63, 3.8) is 0 Å². The first kappa shape index (κ1) is 11.7. The molecule has 1 unspecified atom stereocenters. The standard InChI is InChI=1S/C12H14O5/c1-15-12(14)8-2-3-10(13)11(6-8)17-9-4-5-16-7-9/h2-3,6,9,13H,4-5,7H2,1H3. The molecule has 0 radical (unpaired) electrons. The smallest absolute Gasteiger partial charge is 0.337 e. The van der Waals surface area contributed by atoms with Crippen LogP contribution >= 0.6 is 0 Å². The molecule has 17 heavy (non-hydrogen) atoms. The van der Waals surface area contributed by atoms with Gasteiger partial charge in [0.05, 0.1) is 25.9 Å². The van der Waals surface area contributed by atoms with Crippen LogP contribution in [0.4, 0.5) is 0 Å². The Bertz CT molecular complexity index is 409. The summed E-state index contributed by atoms with van der Waals surface area (Å²) >= 11 is 0. The molecule has 1 aromatic rings. The second kappa shape index (κ2) is 5.05. The molecule has 1 aliphatic rings. The molecule has 1 N–H and O–H groups in total. The topological polar surface area (TPSA) is 65.0 Å². The zero-order valence-electron chi connectivity index (χ0n) is 9.51. The molecule has 0 bridgehead atoms. The largest absolute Gasteiger partial charge is 0.504 e. The molecule has 1 aromatic carbocycles. The van der Waals surface area contributed by atoms with Crippen LogP contribution in [0.3, 0.4) is 0 Å². The van der Waals surface area contributed by atoms with E-state index in [1.807, 2.05) is 0 Å². The maximum absolute atomic E-state index is 11.3. The van der Waals surface area contributed by atoms with Gasteiger partial charge in [-0.3, -0.25) is 0 Å². The minimum atomic E-state index is -0.461. The number of methoxy groups -OCH3 is 1. The SMILES string of the molecule is COC(=O)c1ccc(O)c(OC2CCOC2)c1. The van der Waals surface area contributed by atoms with Crippen LogP contribution in [0, 0.1) is 0 Å². The Balaban J connectivity index is 2.16. The first-order valence-corrected chi connectivity index (χ1v) is 5.36. The van der Waals surface area contributed by atoms with Gasteiger partial charge in [-0.2, -0.15) is 0 Å². The Morgan fingerprint density at radius 2 is 2.35 bits per heavy atom. The fourth-order valence-electron chi connectivity index (χ4n) is 1.64. The normalized spacial score (nSPS) is 19.0. The van der Waals surface area contributed by atoms with E-state index in [1.165, 1.54) is 25.3 Å². The first-order chi connectivity index (χ1) is 8.20. The molecule has 0 aliphatic carbocycles. The molecule has 0 spiro atoms. The van der Waals surface area contributed by atoms with Crippen molar-refractivity contribution in [3.05, 3.63) is 23.8 Å². The van der Waals surface area contributed by atoms with Gasteiger partial charge in [0.15, 0.2) is 11.5 Å². The molecule has 1 saturated heterocycles. The van der Waals surface area contributed by atoms with E-state index in [9.17, 15) is 9.90 Å². The number of benzene rings is 1. The average molecular weight is 238 g/mol. The summed E-state index contributed by atoms with van der Waals surface area (Å²) in [4.78, 5) is 11.3. The highest BCUT2D eigenvalue weighted by Gasteiger charge is 2.19. The van der Waals surface area contributed by atoms with Gasteiger partial charge in [0.1, 0.15) is 6.10 Å². The maximum atomic E-state index is 11.3. The van der Waals surface area contributed by atoms with Crippen LogP contribution in [0.15, 0.2) is 18.2 Å². The fourth-order valence-corrected chi connectivity index (χ4v) is 1.64. The third-order valence-corrected chi connectivity index (χ3v) is 2.56. The van der Waals surface area contributed by atoms with Gasteiger partial charge in [-0.15, -0.1) is 0 Å². The van der Waals surface area contributed by atoms with Gasteiger partial charge in [-0.25, -0.2) is 4.79 Å². The van der Waals surface area contributed by atoms with Gasteiger partial charge in [-0.1, -0.05) is 0 Å². The zero-order valence-corrected chi connectivity index (χ0v) is 9.51. The van der Waals surface area contributed by atoms with Crippen LogP contribution in [-0.2, 0) is 9.47 Å². The van der Waals surface area contributed by atoms with Crippen LogP contribution in [0.1, 0.15) is 16.8 Å². The lowest BCUT2D eigenvalue weighted by Crippen LogP contribution is -2.16. The van der Waals surface area contributed by atoms with Crippen molar-refractivity contribution in [3.8, 4) is 11.5 Å². The number of hydrogen-bond donors (Lipinski definition) is 1. The maximum Gasteiger partial charge on any atom is 0.337 e. The lowest BCUT2D eigenvalue weighted by atomic mass is 10.2. The van der Waals surface area contributed by atoms with Crippen molar-refractivity contribution in [2.75, 3.05) is 20.3 Å². The van der Waals surface area contributed by atoms with E-state index >= 15 is 0 Å². The molecular formula is C12H14O5. The minimum absolute atomic E-state index is 0.00422. The van der Waals surface area contributed by atoms with E-state index in [1.54, 1.807) is 0 Å². The summed E-state index contributed by atoms with van der Waals surface area (Å²) in [6.45, 7) is 1.16. The Morgan fingerprint density at radius 1 is 1.53 bits per heavy atom. The Morgan fingerprint density at radius 3 is 3.00 bits per heavy atom. The second-order valence-electron chi connectivity index (χ2n) is 3.78. The molecule has 2 rings (SSSR count). The summed E-state index contributed by atoms with van der Waals surface area (Å²) in [6.07, 6.45) is 0.704. The molecule has 0 saturated carbocycles. The second-order valence-corrected chi connectivity index (χ2v) is 3.78. The summed E-state index contributed by atoms with van der Waals surface area (Å²) in [5.41, 5.74) is 0.346. The number of ether oxygens (including phenoxy) is 3. The Labute approximate surface area is 98.9 Å². The highest BCUT2D eigenvalue weighted by Crippen LogP contribution is 2.29. The molecule has 1 aliphatic heterocycles. The van der Waals surface area contributed by atoms with Crippen LogP contribution in [0.2, 0.25) is 0 Å². The van der Waals surface area contributed by atoms with Gasteiger partial charge in [0, 0.05) is 6.42 Å². The molecule has 1 atom stereocenters. The van der Waals surface area contributed by atoms with E-state index in [0.717, 1.165) is 6.42 Å². The first-order valence-electron chi connectivity index (χ1n) is 5.36. The molecule has 5 nitrogen and oxygen atoms in total. The summed E-state index contributed by atoms with van der Waals surface area (Å²) in [7, 11) is 1.31. The van der Waals surface area contributed by atoms with E-state index in [2.05, 4.69) is 4.74 Å². The molecule has 5 heteroatoms. The molecule has 0 aromatic heterocycles. The van der Waals surface area contributed by atoms with E-state index < -0.39 is 5.97 Å². The number of phenols is 1. The van der Waals surface area contributed by atoms with Crippen LogP contribution in [-0.4, -0.2) is 37.5 Å².